The predicted octanol–water partition coefficient (Wildman–Crippen LogP) is 1.45. The number of carbonyl (C=O) groups excluding carboxylic acids is 3. The van der Waals surface area contributed by atoms with Crippen LogP contribution in [0.3, 0.4) is 0 Å². The number of carbonyl (C=O) groups is 3. The van der Waals surface area contributed by atoms with Gasteiger partial charge < -0.3 is 14.2 Å². The van der Waals surface area contributed by atoms with E-state index in [1.807, 2.05) is 13.0 Å². The number of ether oxygens (including phenoxy) is 3. The van der Waals surface area contributed by atoms with Crippen molar-refractivity contribution in [3.05, 3.63) is 23.3 Å². The standard InChI is InChI=1S/C18H24ClNO6/c1-13-2-3-14-15(12-13)18(23)20(17(14)22)5-7-25-9-11-26-10-8-24-6-4-16(19)21/h2-3,13H,4-12H2,1H3. The lowest BCUT2D eigenvalue weighted by molar-refractivity contribution is -0.138. The van der Waals surface area contributed by atoms with Crippen molar-refractivity contribution in [3.63, 3.8) is 0 Å². The summed E-state index contributed by atoms with van der Waals surface area (Å²) in [4.78, 5) is 36.3. The monoisotopic (exact) mass is 385 g/mol. The first-order valence-electron chi connectivity index (χ1n) is 8.69. The van der Waals surface area contributed by atoms with Crippen LogP contribution in [0.2, 0.25) is 0 Å². The Kier molecular flexibility index (Phi) is 8.44. The van der Waals surface area contributed by atoms with E-state index in [4.69, 9.17) is 25.8 Å². The molecule has 1 heterocycles. The van der Waals surface area contributed by atoms with Crippen LogP contribution >= 0.6 is 11.6 Å². The van der Waals surface area contributed by atoms with Crippen molar-refractivity contribution in [1.29, 1.82) is 0 Å². The molecule has 0 aromatic rings. The van der Waals surface area contributed by atoms with Crippen LogP contribution in [-0.2, 0) is 28.6 Å². The van der Waals surface area contributed by atoms with E-state index >= 15 is 0 Å². The zero-order valence-corrected chi connectivity index (χ0v) is 15.6. The highest BCUT2D eigenvalue weighted by Gasteiger charge is 2.38. The molecular weight excluding hydrogens is 362 g/mol. The summed E-state index contributed by atoms with van der Waals surface area (Å²) in [5.41, 5.74) is 1.14. The lowest BCUT2D eigenvalue weighted by atomic mass is 9.92. The van der Waals surface area contributed by atoms with Gasteiger partial charge in [-0.25, -0.2) is 0 Å². The van der Waals surface area contributed by atoms with E-state index in [1.54, 1.807) is 6.08 Å². The molecule has 0 aromatic heterocycles. The van der Waals surface area contributed by atoms with Crippen LogP contribution in [0.25, 0.3) is 0 Å². The van der Waals surface area contributed by atoms with Crippen molar-refractivity contribution in [1.82, 2.24) is 4.90 Å². The van der Waals surface area contributed by atoms with Gasteiger partial charge in [-0.05, 0) is 23.9 Å². The molecule has 2 amide bonds. The molecule has 2 rings (SSSR count). The SMILES string of the molecule is CC1C=CC2=C(C1)C(=O)N(CCOCCOCCOCCC(=O)Cl)C2=O. The minimum atomic E-state index is -0.420. The fourth-order valence-corrected chi connectivity index (χ4v) is 2.79. The van der Waals surface area contributed by atoms with Gasteiger partial charge in [0, 0.05) is 17.6 Å². The number of hydrogen-bond acceptors (Lipinski definition) is 6. The highest BCUT2D eigenvalue weighted by Crippen LogP contribution is 2.31. The lowest BCUT2D eigenvalue weighted by Gasteiger charge is -2.15. The van der Waals surface area contributed by atoms with Crippen LogP contribution in [-0.4, -0.2) is 68.1 Å². The van der Waals surface area contributed by atoms with E-state index in [-0.39, 0.29) is 43.9 Å². The van der Waals surface area contributed by atoms with Crippen LogP contribution < -0.4 is 0 Å². The quantitative estimate of drug-likeness (QED) is 0.287. The van der Waals surface area contributed by atoms with Crippen LogP contribution in [0.4, 0.5) is 0 Å². The Labute approximate surface area is 157 Å². The Balaban J connectivity index is 1.52. The third-order valence-corrected chi connectivity index (χ3v) is 4.26. The van der Waals surface area contributed by atoms with E-state index in [0.717, 1.165) is 0 Å². The number of allylic oxidation sites excluding steroid dienone is 1. The van der Waals surface area contributed by atoms with Crippen molar-refractivity contribution in [2.75, 3.05) is 46.2 Å². The molecule has 0 N–H and O–H groups in total. The van der Waals surface area contributed by atoms with Gasteiger partial charge in [0.15, 0.2) is 0 Å². The Bertz CT molecular complexity index is 600. The fourth-order valence-electron chi connectivity index (χ4n) is 2.72. The Morgan fingerprint density at radius 1 is 1.08 bits per heavy atom. The van der Waals surface area contributed by atoms with Gasteiger partial charge in [-0.15, -0.1) is 0 Å². The van der Waals surface area contributed by atoms with Gasteiger partial charge in [0.1, 0.15) is 0 Å². The second-order valence-corrected chi connectivity index (χ2v) is 6.56. The summed E-state index contributed by atoms with van der Waals surface area (Å²) in [7, 11) is 0. The molecule has 0 fully saturated rings. The molecule has 0 spiro atoms. The van der Waals surface area contributed by atoms with E-state index < -0.39 is 5.24 Å². The minimum absolute atomic E-state index is 0.186. The van der Waals surface area contributed by atoms with Crippen molar-refractivity contribution < 1.29 is 28.6 Å². The predicted molar refractivity (Wildman–Crippen MR) is 94.6 cm³/mol. The van der Waals surface area contributed by atoms with Gasteiger partial charge in [-0.1, -0.05) is 19.1 Å². The van der Waals surface area contributed by atoms with Gasteiger partial charge in [-0.2, -0.15) is 0 Å². The molecule has 0 bridgehead atoms. The van der Waals surface area contributed by atoms with Crippen molar-refractivity contribution in [3.8, 4) is 0 Å². The van der Waals surface area contributed by atoms with Crippen LogP contribution in [0.1, 0.15) is 19.8 Å². The van der Waals surface area contributed by atoms with Gasteiger partial charge >= 0.3 is 0 Å². The molecular formula is C18H24ClNO6. The Morgan fingerprint density at radius 2 is 1.69 bits per heavy atom. The largest absolute Gasteiger partial charge is 0.379 e. The molecule has 144 valence electrons. The summed E-state index contributed by atoms with van der Waals surface area (Å²) in [5, 5.41) is -0.420. The normalized spacial score (nSPS) is 19.5. The van der Waals surface area contributed by atoms with E-state index in [0.29, 0.717) is 44.0 Å². The number of amides is 2. The third kappa shape index (κ3) is 6.02. The zero-order valence-electron chi connectivity index (χ0n) is 14.9. The molecule has 2 aliphatic rings. The third-order valence-electron chi connectivity index (χ3n) is 4.07. The Hall–Kier alpha value is -1.54. The van der Waals surface area contributed by atoms with E-state index in [2.05, 4.69) is 0 Å². The first-order chi connectivity index (χ1) is 12.5. The van der Waals surface area contributed by atoms with E-state index in [1.165, 1.54) is 4.90 Å². The highest BCUT2D eigenvalue weighted by atomic mass is 35.5. The molecule has 0 saturated carbocycles. The molecule has 0 aromatic carbocycles. The summed E-state index contributed by atoms with van der Waals surface area (Å²) in [6, 6.07) is 0. The van der Waals surface area contributed by atoms with Crippen LogP contribution in [0.5, 0.6) is 0 Å². The molecule has 26 heavy (non-hydrogen) atoms. The molecule has 8 heteroatoms. The smallest absolute Gasteiger partial charge is 0.261 e. The first kappa shape index (κ1) is 20.8. The average Bonchev–Trinajstić information content (AvgIpc) is 2.83. The molecule has 7 nitrogen and oxygen atoms in total. The summed E-state index contributed by atoms with van der Waals surface area (Å²) < 4.78 is 15.9. The molecule has 1 aliphatic heterocycles. The van der Waals surface area contributed by atoms with Crippen molar-refractivity contribution in [2.24, 2.45) is 5.92 Å². The average molecular weight is 386 g/mol. The summed E-state index contributed by atoms with van der Waals surface area (Å²) in [6.07, 6.45) is 4.51. The second kappa shape index (κ2) is 10.6. The number of halogens is 1. The number of hydrogen-bond donors (Lipinski definition) is 0. The van der Waals surface area contributed by atoms with E-state index in [9.17, 15) is 14.4 Å². The molecule has 0 radical (unpaired) electrons. The van der Waals surface area contributed by atoms with Gasteiger partial charge in [0.2, 0.25) is 5.24 Å². The lowest BCUT2D eigenvalue weighted by Crippen LogP contribution is -2.35. The summed E-state index contributed by atoms with van der Waals surface area (Å²) in [5.74, 6) is -0.160. The number of imide groups is 1. The molecule has 1 unspecified atom stereocenters. The van der Waals surface area contributed by atoms with Crippen molar-refractivity contribution >= 4 is 28.7 Å². The maximum atomic E-state index is 12.3. The van der Waals surface area contributed by atoms with Gasteiger partial charge in [-0.3, -0.25) is 19.3 Å². The molecule has 1 aliphatic carbocycles. The van der Waals surface area contributed by atoms with Gasteiger partial charge in [0.05, 0.1) is 46.2 Å². The molecule has 0 saturated heterocycles. The Morgan fingerprint density at radius 3 is 2.35 bits per heavy atom. The number of rotatable bonds is 12. The highest BCUT2D eigenvalue weighted by molar-refractivity contribution is 6.63. The van der Waals surface area contributed by atoms with Crippen LogP contribution in [0, 0.1) is 5.92 Å². The maximum Gasteiger partial charge on any atom is 0.261 e. The van der Waals surface area contributed by atoms with Crippen LogP contribution in [0.15, 0.2) is 23.3 Å². The maximum absolute atomic E-state index is 12.3. The second-order valence-electron chi connectivity index (χ2n) is 6.14. The first-order valence-corrected chi connectivity index (χ1v) is 9.07. The summed E-state index contributed by atoms with van der Waals surface area (Å²) >= 11 is 5.18. The molecule has 1 atom stereocenters. The number of nitrogens with zero attached hydrogens (tertiary/aromatic N) is 1. The van der Waals surface area contributed by atoms with Gasteiger partial charge in [0.25, 0.3) is 11.8 Å². The fraction of sp³-hybridized carbons (Fsp3) is 0.611. The van der Waals surface area contributed by atoms with Crippen molar-refractivity contribution in [2.45, 2.75) is 19.8 Å². The topological polar surface area (TPSA) is 82.1 Å². The zero-order chi connectivity index (χ0) is 18.9. The minimum Gasteiger partial charge on any atom is -0.379 e. The summed E-state index contributed by atoms with van der Waals surface area (Å²) in [6.45, 7) is 4.33.